The van der Waals surface area contributed by atoms with Crippen LogP contribution in [-0.4, -0.2) is 64.3 Å². The van der Waals surface area contributed by atoms with Crippen LogP contribution in [0, 0.1) is 0 Å². The van der Waals surface area contributed by atoms with Gasteiger partial charge in [-0.3, -0.25) is 9.89 Å². The van der Waals surface area contributed by atoms with Gasteiger partial charge in [-0.05, 0) is 51.1 Å². The van der Waals surface area contributed by atoms with E-state index in [4.69, 9.17) is 0 Å². The fourth-order valence-corrected chi connectivity index (χ4v) is 3.39. The first-order valence-corrected chi connectivity index (χ1v) is 11.3. The van der Waals surface area contributed by atoms with Gasteiger partial charge in [-0.2, -0.15) is 0 Å². The van der Waals surface area contributed by atoms with E-state index < -0.39 is 9.84 Å². The molecule has 0 aromatic heterocycles. The van der Waals surface area contributed by atoms with E-state index in [1.54, 1.807) is 12.1 Å². The average molecular weight is 383 g/mol. The Kier molecular flexibility index (Phi) is 9.65. The minimum Gasteiger partial charge on any atom is -0.357 e. The third-order valence-electron chi connectivity index (χ3n) is 4.35. The number of nitrogens with one attached hydrogen (secondary N) is 2. The Morgan fingerprint density at radius 2 is 1.73 bits per heavy atom. The summed E-state index contributed by atoms with van der Waals surface area (Å²) in [4.78, 5) is 7.42. The SMILES string of the molecule is CCNC(=NCC(C)N(CC)CC)NCCc1ccc(S(C)(=O)=O)cc1. The molecule has 0 aliphatic rings. The van der Waals surface area contributed by atoms with Gasteiger partial charge in [-0.25, -0.2) is 8.42 Å². The second-order valence-corrected chi connectivity index (χ2v) is 8.40. The number of guanidine groups is 1. The molecule has 1 rings (SSSR count). The summed E-state index contributed by atoms with van der Waals surface area (Å²) in [7, 11) is -3.14. The molecule has 6 nitrogen and oxygen atoms in total. The van der Waals surface area contributed by atoms with E-state index in [1.807, 2.05) is 12.1 Å². The highest BCUT2D eigenvalue weighted by atomic mass is 32.2. The standard InChI is InChI=1S/C19H34N4O2S/c1-6-20-19(22-15-16(4)23(7-2)8-3)21-14-13-17-9-11-18(12-10-17)26(5,24)25/h9-12,16H,6-8,13-15H2,1-5H3,(H2,20,21,22). The molecule has 0 aliphatic carbocycles. The Labute approximate surface area is 159 Å². The van der Waals surface area contributed by atoms with Crippen LogP contribution in [0.5, 0.6) is 0 Å². The molecule has 1 aromatic rings. The van der Waals surface area contributed by atoms with Gasteiger partial charge in [0, 0.05) is 25.4 Å². The Morgan fingerprint density at radius 3 is 2.23 bits per heavy atom. The van der Waals surface area contributed by atoms with E-state index in [0.29, 0.717) is 10.9 Å². The highest BCUT2D eigenvalue weighted by Crippen LogP contribution is 2.10. The van der Waals surface area contributed by atoms with Crippen LogP contribution in [0.25, 0.3) is 0 Å². The summed E-state index contributed by atoms with van der Waals surface area (Å²) in [5.74, 6) is 0.819. The van der Waals surface area contributed by atoms with Gasteiger partial charge in [0.25, 0.3) is 0 Å². The lowest BCUT2D eigenvalue weighted by atomic mass is 10.1. The Morgan fingerprint density at radius 1 is 1.12 bits per heavy atom. The number of nitrogens with zero attached hydrogens (tertiary/aromatic N) is 2. The fourth-order valence-electron chi connectivity index (χ4n) is 2.76. The molecule has 1 aromatic carbocycles. The van der Waals surface area contributed by atoms with Gasteiger partial charge in [0.1, 0.15) is 0 Å². The Balaban J connectivity index is 2.56. The van der Waals surface area contributed by atoms with Crippen molar-refractivity contribution in [2.24, 2.45) is 4.99 Å². The fraction of sp³-hybridized carbons (Fsp3) is 0.632. The lowest BCUT2D eigenvalue weighted by Crippen LogP contribution is -2.40. The van der Waals surface area contributed by atoms with E-state index >= 15 is 0 Å². The second-order valence-electron chi connectivity index (χ2n) is 6.38. The highest BCUT2D eigenvalue weighted by molar-refractivity contribution is 7.90. The minimum absolute atomic E-state index is 0.356. The van der Waals surface area contributed by atoms with E-state index in [2.05, 4.69) is 48.2 Å². The number of benzene rings is 1. The number of hydrogen-bond acceptors (Lipinski definition) is 4. The van der Waals surface area contributed by atoms with E-state index in [-0.39, 0.29) is 0 Å². The molecule has 0 heterocycles. The van der Waals surface area contributed by atoms with Crippen molar-refractivity contribution in [3.63, 3.8) is 0 Å². The van der Waals surface area contributed by atoms with Crippen molar-refractivity contribution in [3.8, 4) is 0 Å². The van der Waals surface area contributed by atoms with Crippen molar-refractivity contribution in [1.29, 1.82) is 0 Å². The van der Waals surface area contributed by atoms with Crippen molar-refractivity contribution >= 4 is 15.8 Å². The van der Waals surface area contributed by atoms with Gasteiger partial charge < -0.3 is 10.6 Å². The summed E-state index contributed by atoms with van der Waals surface area (Å²) in [5.41, 5.74) is 1.09. The predicted octanol–water partition coefficient (Wildman–Crippen LogP) is 1.92. The highest BCUT2D eigenvalue weighted by Gasteiger charge is 2.09. The largest absolute Gasteiger partial charge is 0.357 e. The first kappa shape index (κ1) is 22.4. The lowest BCUT2D eigenvalue weighted by molar-refractivity contribution is 0.237. The molecule has 0 saturated carbocycles. The van der Waals surface area contributed by atoms with E-state index in [0.717, 1.165) is 50.7 Å². The molecule has 2 N–H and O–H groups in total. The number of likely N-dealkylation sites (N-methyl/N-ethyl adjacent to an activating group) is 1. The van der Waals surface area contributed by atoms with Crippen LogP contribution in [0.1, 0.15) is 33.3 Å². The summed E-state index contributed by atoms with van der Waals surface area (Å²) >= 11 is 0. The van der Waals surface area contributed by atoms with Crippen LogP contribution in [0.3, 0.4) is 0 Å². The van der Waals surface area contributed by atoms with E-state index in [9.17, 15) is 8.42 Å². The number of aliphatic imine (C=N–C) groups is 1. The molecule has 0 fully saturated rings. The van der Waals surface area contributed by atoms with E-state index in [1.165, 1.54) is 6.26 Å². The molecule has 1 atom stereocenters. The van der Waals surface area contributed by atoms with Crippen LogP contribution in [0.4, 0.5) is 0 Å². The number of sulfone groups is 1. The molecule has 148 valence electrons. The molecule has 0 saturated heterocycles. The van der Waals surface area contributed by atoms with Crippen LogP contribution in [-0.2, 0) is 16.3 Å². The molecule has 26 heavy (non-hydrogen) atoms. The van der Waals surface area contributed by atoms with Crippen LogP contribution in [0.15, 0.2) is 34.2 Å². The third kappa shape index (κ3) is 7.74. The van der Waals surface area contributed by atoms with Gasteiger partial charge >= 0.3 is 0 Å². The topological polar surface area (TPSA) is 73.8 Å². The van der Waals surface area contributed by atoms with Crippen LogP contribution < -0.4 is 10.6 Å². The number of hydrogen-bond donors (Lipinski definition) is 2. The molecule has 1 unspecified atom stereocenters. The molecule has 0 radical (unpaired) electrons. The molecule has 0 aliphatic heterocycles. The zero-order valence-electron chi connectivity index (χ0n) is 16.7. The summed E-state index contributed by atoms with van der Waals surface area (Å²) in [6.45, 7) is 12.9. The van der Waals surface area contributed by atoms with Crippen LogP contribution in [0.2, 0.25) is 0 Å². The number of rotatable bonds is 10. The normalized spacial score (nSPS) is 13.7. The first-order valence-electron chi connectivity index (χ1n) is 9.37. The molecular formula is C19H34N4O2S. The molecule has 0 bridgehead atoms. The van der Waals surface area contributed by atoms with Crippen molar-refractivity contribution < 1.29 is 8.42 Å². The summed E-state index contributed by atoms with van der Waals surface area (Å²) < 4.78 is 23.0. The predicted molar refractivity (Wildman–Crippen MR) is 110 cm³/mol. The van der Waals surface area contributed by atoms with Crippen LogP contribution >= 0.6 is 0 Å². The summed E-state index contributed by atoms with van der Waals surface area (Å²) in [6, 6.07) is 7.46. The van der Waals surface area contributed by atoms with Gasteiger partial charge in [0.05, 0.1) is 11.4 Å². The summed E-state index contributed by atoms with van der Waals surface area (Å²) in [5, 5.41) is 6.62. The Bertz CT molecular complexity index is 653. The summed E-state index contributed by atoms with van der Waals surface area (Å²) in [6.07, 6.45) is 2.03. The molecule has 0 spiro atoms. The van der Waals surface area contributed by atoms with Crippen molar-refractivity contribution in [3.05, 3.63) is 29.8 Å². The smallest absolute Gasteiger partial charge is 0.191 e. The van der Waals surface area contributed by atoms with Crippen molar-refractivity contribution in [2.45, 2.75) is 45.1 Å². The van der Waals surface area contributed by atoms with Crippen molar-refractivity contribution in [2.75, 3.05) is 39.0 Å². The van der Waals surface area contributed by atoms with Gasteiger partial charge in [0.2, 0.25) is 0 Å². The maximum Gasteiger partial charge on any atom is 0.191 e. The zero-order valence-corrected chi connectivity index (χ0v) is 17.6. The lowest BCUT2D eigenvalue weighted by Gasteiger charge is -2.25. The zero-order chi connectivity index (χ0) is 19.6. The average Bonchev–Trinajstić information content (AvgIpc) is 2.60. The Hall–Kier alpha value is -1.60. The maximum atomic E-state index is 11.5. The first-order chi connectivity index (χ1) is 12.3. The second kappa shape index (κ2) is 11.2. The molecule has 0 amide bonds. The van der Waals surface area contributed by atoms with Gasteiger partial charge in [-0.15, -0.1) is 0 Å². The van der Waals surface area contributed by atoms with Gasteiger partial charge in [0.15, 0.2) is 15.8 Å². The quantitative estimate of drug-likeness (QED) is 0.478. The maximum absolute atomic E-state index is 11.5. The molecule has 7 heteroatoms. The van der Waals surface area contributed by atoms with Crippen molar-refractivity contribution in [1.82, 2.24) is 15.5 Å². The minimum atomic E-state index is -3.14. The molecular weight excluding hydrogens is 348 g/mol. The monoisotopic (exact) mass is 382 g/mol. The third-order valence-corrected chi connectivity index (χ3v) is 5.48. The van der Waals surface area contributed by atoms with Gasteiger partial charge in [-0.1, -0.05) is 26.0 Å².